The summed E-state index contributed by atoms with van der Waals surface area (Å²) in [6, 6.07) is 0. The number of hydrogen-bond acceptors (Lipinski definition) is 1. The van der Waals surface area contributed by atoms with Gasteiger partial charge in [-0.3, -0.25) is 4.79 Å². The molecule has 0 unspecified atom stereocenters. The highest BCUT2D eigenvalue weighted by Crippen LogP contribution is 2.15. The van der Waals surface area contributed by atoms with Crippen LogP contribution in [0, 0.1) is 12.3 Å². The van der Waals surface area contributed by atoms with Crippen molar-refractivity contribution < 1.29 is 4.79 Å². The molecule has 0 spiro atoms. The monoisotopic (exact) mass is 142 g/mol. The zero-order chi connectivity index (χ0) is 8.36. The van der Waals surface area contributed by atoms with Gasteiger partial charge in [0.2, 0.25) is 5.91 Å². The van der Waals surface area contributed by atoms with Gasteiger partial charge in [-0.05, 0) is 6.92 Å². The maximum Gasteiger partial charge on any atom is 0.227 e. The second kappa shape index (κ2) is 3.04. The third kappa shape index (κ3) is 2.38. The van der Waals surface area contributed by atoms with Gasteiger partial charge in [-0.25, -0.2) is 0 Å². The number of hydrogen-bond donors (Lipinski definition) is 0. The maximum atomic E-state index is 11.3. The fourth-order valence-electron chi connectivity index (χ4n) is 0.674. The van der Waals surface area contributed by atoms with E-state index in [4.69, 9.17) is 0 Å². The van der Waals surface area contributed by atoms with Gasteiger partial charge in [-0.15, -0.1) is 0 Å². The molecule has 0 heterocycles. The molecule has 10 heavy (non-hydrogen) atoms. The second-order valence-corrected chi connectivity index (χ2v) is 3.48. The van der Waals surface area contributed by atoms with Gasteiger partial charge in [0.15, 0.2) is 0 Å². The molecule has 0 aliphatic carbocycles. The van der Waals surface area contributed by atoms with Crippen LogP contribution in [-0.2, 0) is 4.79 Å². The number of carbonyl (C=O) groups excluding carboxylic acids is 1. The van der Waals surface area contributed by atoms with Gasteiger partial charge in [0.1, 0.15) is 0 Å². The minimum Gasteiger partial charge on any atom is -0.345 e. The highest BCUT2D eigenvalue weighted by atomic mass is 16.2. The van der Waals surface area contributed by atoms with Crippen LogP contribution in [0.4, 0.5) is 0 Å². The zero-order valence-electron chi connectivity index (χ0n) is 7.27. The van der Waals surface area contributed by atoms with Crippen LogP contribution in [0.2, 0.25) is 0 Å². The average Bonchev–Trinajstić information content (AvgIpc) is 1.83. The molecule has 2 nitrogen and oxygen atoms in total. The van der Waals surface area contributed by atoms with Crippen LogP contribution in [0.3, 0.4) is 0 Å². The minimum atomic E-state index is -0.271. The van der Waals surface area contributed by atoms with Crippen LogP contribution in [0.15, 0.2) is 0 Å². The molecular weight excluding hydrogens is 126 g/mol. The summed E-state index contributed by atoms with van der Waals surface area (Å²) in [5, 5.41) is 0. The molecule has 0 aliphatic heterocycles. The van der Waals surface area contributed by atoms with Gasteiger partial charge < -0.3 is 4.90 Å². The summed E-state index contributed by atoms with van der Waals surface area (Å²) < 4.78 is 0. The molecule has 59 valence electrons. The molecule has 0 N–H and O–H groups in total. The van der Waals surface area contributed by atoms with Crippen LogP contribution in [-0.4, -0.2) is 24.4 Å². The summed E-state index contributed by atoms with van der Waals surface area (Å²) in [6.45, 7) is 9.88. The van der Waals surface area contributed by atoms with E-state index in [1.54, 1.807) is 11.9 Å². The molecule has 0 saturated heterocycles. The quantitative estimate of drug-likeness (QED) is 0.541. The lowest BCUT2D eigenvalue weighted by molar-refractivity contribution is -0.137. The molecule has 0 aliphatic rings. The fourth-order valence-corrected chi connectivity index (χ4v) is 0.674. The summed E-state index contributed by atoms with van der Waals surface area (Å²) in [6.07, 6.45) is 0. The Hall–Kier alpha value is -0.530. The fraction of sp³-hybridized carbons (Fsp3) is 0.750. The molecule has 0 aromatic rings. The van der Waals surface area contributed by atoms with Crippen LogP contribution in [0.5, 0.6) is 0 Å². The first-order chi connectivity index (χ1) is 4.39. The predicted octanol–water partition coefficient (Wildman–Crippen LogP) is 1.32. The zero-order valence-corrected chi connectivity index (χ0v) is 7.27. The summed E-state index contributed by atoms with van der Waals surface area (Å²) in [5.74, 6) is 0.141. The first-order valence-electron chi connectivity index (χ1n) is 3.44. The predicted molar refractivity (Wildman–Crippen MR) is 42.4 cm³/mol. The van der Waals surface area contributed by atoms with Crippen LogP contribution < -0.4 is 0 Å². The van der Waals surface area contributed by atoms with Crippen LogP contribution in [0.1, 0.15) is 20.8 Å². The number of rotatable bonds is 1. The molecule has 1 radical (unpaired) electrons. The third-order valence-electron chi connectivity index (χ3n) is 1.32. The lowest BCUT2D eigenvalue weighted by atomic mass is 9.95. The molecule has 0 fully saturated rings. The van der Waals surface area contributed by atoms with E-state index in [2.05, 4.69) is 6.92 Å². The first kappa shape index (κ1) is 9.47. The molecule has 2 heteroatoms. The smallest absolute Gasteiger partial charge is 0.227 e. The van der Waals surface area contributed by atoms with Crippen molar-refractivity contribution in [2.24, 2.45) is 5.41 Å². The van der Waals surface area contributed by atoms with Crippen molar-refractivity contribution in [3.05, 3.63) is 6.92 Å². The van der Waals surface area contributed by atoms with Crippen molar-refractivity contribution >= 4 is 5.91 Å². The maximum absolute atomic E-state index is 11.3. The number of carbonyl (C=O) groups is 1. The third-order valence-corrected chi connectivity index (χ3v) is 1.32. The molecule has 1 amide bonds. The number of nitrogens with zero attached hydrogens (tertiary/aromatic N) is 1. The molecule has 0 bridgehead atoms. The Bertz CT molecular complexity index is 124. The molecule has 0 atom stereocenters. The van der Waals surface area contributed by atoms with Gasteiger partial charge in [0.25, 0.3) is 0 Å². The SMILES string of the molecule is [CH2]CN(C)C(=O)C(C)(C)C. The van der Waals surface area contributed by atoms with Crippen molar-refractivity contribution in [3.8, 4) is 0 Å². The van der Waals surface area contributed by atoms with Crippen LogP contribution >= 0.6 is 0 Å². The van der Waals surface area contributed by atoms with E-state index < -0.39 is 0 Å². The second-order valence-electron chi connectivity index (χ2n) is 3.48. The Balaban J connectivity index is 4.09. The Kier molecular flexibility index (Phi) is 2.88. The summed E-state index contributed by atoms with van der Waals surface area (Å²) in [7, 11) is 1.76. The van der Waals surface area contributed by atoms with E-state index in [9.17, 15) is 4.79 Å². The van der Waals surface area contributed by atoms with Gasteiger partial charge in [0.05, 0.1) is 0 Å². The first-order valence-corrected chi connectivity index (χ1v) is 3.44. The van der Waals surface area contributed by atoms with E-state index in [1.807, 2.05) is 20.8 Å². The summed E-state index contributed by atoms with van der Waals surface area (Å²) >= 11 is 0. The van der Waals surface area contributed by atoms with Gasteiger partial charge in [-0.1, -0.05) is 20.8 Å². The highest BCUT2D eigenvalue weighted by molar-refractivity contribution is 5.81. The standard InChI is InChI=1S/C8H16NO/c1-6-9(5)7(10)8(2,3)4/h1,6H2,2-5H3. The molecular formula is C8H16NO. The van der Waals surface area contributed by atoms with Crippen molar-refractivity contribution in [2.45, 2.75) is 20.8 Å². The average molecular weight is 142 g/mol. The summed E-state index contributed by atoms with van der Waals surface area (Å²) in [5.41, 5.74) is -0.271. The van der Waals surface area contributed by atoms with Gasteiger partial charge in [-0.2, -0.15) is 0 Å². The van der Waals surface area contributed by atoms with E-state index in [1.165, 1.54) is 0 Å². The number of amides is 1. The van der Waals surface area contributed by atoms with E-state index >= 15 is 0 Å². The van der Waals surface area contributed by atoms with E-state index in [0.717, 1.165) is 0 Å². The van der Waals surface area contributed by atoms with Crippen molar-refractivity contribution in [1.82, 2.24) is 4.90 Å². The Morgan fingerprint density at radius 2 is 1.90 bits per heavy atom. The van der Waals surface area contributed by atoms with E-state index in [0.29, 0.717) is 6.54 Å². The van der Waals surface area contributed by atoms with Gasteiger partial charge >= 0.3 is 0 Å². The van der Waals surface area contributed by atoms with Crippen molar-refractivity contribution in [3.63, 3.8) is 0 Å². The Labute approximate surface area is 63.2 Å². The minimum absolute atomic E-state index is 0.141. The summed E-state index contributed by atoms with van der Waals surface area (Å²) in [4.78, 5) is 12.9. The largest absolute Gasteiger partial charge is 0.345 e. The van der Waals surface area contributed by atoms with Crippen molar-refractivity contribution in [1.29, 1.82) is 0 Å². The van der Waals surface area contributed by atoms with Crippen LogP contribution in [0.25, 0.3) is 0 Å². The highest BCUT2D eigenvalue weighted by Gasteiger charge is 2.23. The van der Waals surface area contributed by atoms with Crippen molar-refractivity contribution in [2.75, 3.05) is 13.6 Å². The molecule has 0 rings (SSSR count). The lowest BCUT2D eigenvalue weighted by Crippen LogP contribution is -2.36. The van der Waals surface area contributed by atoms with E-state index in [-0.39, 0.29) is 11.3 Å². The van der Waals surface area contributed by atoms with Gasteiger partial charge in [0, 0.05) is 19.0 Å². The molecule has 0 aromatic heterocycles. The lowest BCUT2D eigenvalue weighted by Gasteiger charge is -2.24. The molecule has 0 saturated carbocycles. The Morgan fingerprint density at radius 3 is 2.00 bits per heavy atom. The Morgan fingerprint density at radius 1 is 1.50 bits per heavy atom. The topological polar surface area (TPSA) is 20.3 Å². The normalized spacial score (nSPS) is 11.3. The molecule has 0 aromatic carbocycles.